The number of hydrogen-bond donors (Lipinski definition) is 0. The number of rotatable bonds is 2. The Morgan fingerprint density at radius 1 is 1.14 bits per heavy atom. The third-order valence-corrected chi connectivity index (χ3v) is 5.19. The van der Waals surface area contributed by atoms with Gasteiger partial charge in [-0.2, -0.15) is 0 Å². The number of allylic oxidation sites excluding steroid dienone is 1. The highest BCUT2D eigenvalue weighted by Crippen LogP contribution is 2.38. The van der Waals surface area contributed by atoms with Gasteiger partial charge in [-0.3, -0.25) is 0 Å². The molecule has 0 saturated heterocycles. The molecule has 114 valence electrons. The van der Waals surface area contributed by atoms with Crippen molar-refractivity contribution >= 4 is 21.5 Å². The summed E-state index contributed by atoms with van der Waals surface area (Å²) in [5, 5.41) is 0. The van der Waals surface area contributed by atoms with Gasteiger partial charge in [0.25, 0.3) is 0 Å². The van der Waals surface area contributed by atoms with Crippen LogP contribution in [-0.2, 0) is 16.3 Å². The van der Waals surface area contributed by atoms with Crippen molar-refractivity contribution < 1.29 is 12.8 Å². The van der Waals surface area contributed by atoms with Gasteiger partial charge in [0.05, 0.1) is 4.90 Å². The third kappa shape index (κ3) is 2.83. The van der Waals surface area contributed by atoms with Crippen LogP contribution in [0.2, 0.25) is 0 Å². The van der Waals surface area contributed by atoms with Gasteiger partial charge in [-0.05, 0) is 58.9 Å². The zero-order chi connectivity index (χ0) is 15.9. The van der Waals surface area contributed by atoms with Crippen LogP contribution in [0.25, 0.3) is 11.6 Å². The zero-order valence-corrected chi connectivity index (χ0v) is 13.3. The number of sulfone groups is 1. The predicted octanol–water partition coefficient (Wildman–Crippen LogP) is 3.96. The summed E-state index contributed by atoms with van der Waals surface area (Å²) in [6.45, 7) is 2.12. The minimum Gasteiger partial charge on any atom is -0.224 e. The monoisotopic (exact) mass is 316 g/mol. The van der Waals surface area contributed by atoms with Crippen molar-refractivity contribution in [1.29, 1.82) is 0 Å². The molecular formula is C18H17FO2S. The molecule has 1 aliphatic rings. The maximum atomic E-state index is 13.3. The third-order valence-electron chi connectivity index (χ3n) is 4.07. The summed E-state index contributed by atoms with van der Waals surface area (Å²) in [6.07, 6.45) is 4.09. The molecule has 0 radical (unpaired) electrons. The molecule has 4 heteroatoms. The van der Waals surface area contributed by atoms with Gasteiger partial charge in [-0.1, -0.05) is 31.2 Å². The van der Waals surface area contributed by atoms with E-state index >= 15 is 0 Å². The molecule has 0 saturated carbocycles. The lowest BCUT2D eigenvalue weighted by atomic mass is 9.99. The van der Waals surface area contributed by atoms with E-state index in [0.717, 1.165) is 23.1 Å². The zero-order valence-electron chi connectivity index (χ0n) is 12.5. The number of benzene rings is 2. The molecule has 2 aromatic carbocycles. The quantitative estimate of drug-likeness (QED) is 0.840. The average molecular weight is 316 g/mol. The topological polar surface area (TPSA) is 34.1 Å². The van der Waals surface area contributed by atoms with Crippen molar-refractivity contribution in [1.82, 2.24) is 0 Å². The van der Waals surface area contributed by atoms with Crippen molar-refractivity contribution in [3.63, 3.8) is 0 Å². The first-order chi connectivity index (χ1) is 10.3. The maximum Gasteiger partial charge on any atom is 0.175 e. The van der Waals surface area contributed by atoms with E-state index in [9.17, 15) is 12.8 Å². The van der Waals surface area contributed by atoms with Crippen molar-refractivity contribution in [2.24, 2.45) is 5.92 Å². The molecule has 1 aliphatic carbocycles. The molecule has 2 aromatic rings. The fourth-order valence-electron chi connectivity index (χ4n) is 2.93. The molecule has 2 nitrogen and oxygen atoms in total. The van der Waals surface area contributed by atoms with E-state index in [1.807, 2.05) is 6.07 Å². The summed E-state index contributed by atoms with van der Waals surface area (Å²) < 4.78 is 36.3. The summed E-state index contributed by atoms with van der Waals surface area (Å²) in [4.78, 5) is 0.316. The molecular weight excluding hydrogens is 299 g/mol. The van der Waals surface area contributed by atoms with Crippen LogP contribution in [-0.4, -0.2) is 14.7 Å². The molecule has 0 bridgehead atoms. The molecule has 3 rings (SSSR count). The van der Waals surface area contributed by atoms with Crippen LogP contribution < -0.4 is 0 Å². The Morgan fingerprint density at radius 3 is 2.45 bits per heavy atom. The van der Waals surface area contributed by atoms with Crippen LogP contribution >= 0.6 is 0 Å². The minimum atomic E-state index is -3.17. The van der Waals surface area contributed by atoms with E-state index in [1.54, 1.807) is 30.3 Å². The fourth-order valence-corrected chi connectivity index (χ4v) is 3.56. The second-order valence-corrected chi connectivity index (χ2v) is 7.86. The fraction of sp³-hybridized carbons (Fsp3) is 0.222. The normalized spacial score (nSPS) is 19.4. The molecule has 1 unspecified atom stereocenters. The van der Waals surface area contributed by atoms with Gasteiger partial charge in [0.15, 0.2) is 9.84 Å². The molecule has 0 fully saturated rings. The molecule has 0 N–H and O–H groups in total. The Labute approximate surface area is 130 Å². The van der Waals surface area contributed by atoms with E-state index < -0.39 is 9.84 Å². The maximum absolute atomic E-state index is 13.3. The van der Waals surface area contributed by atoms with Crippen molar-refractivity contribution in [2.45, 2.75) is 18.2 Å². The van der Waals surface area contributed by atoms with Crippen LogP contribution in [0, 0.1) is 11.7 Å². The largest absolute Gasteiger partial charge is 0.224 e. The highest BCUT2D eigenvalue weighted by Gasteiger charge is 2.23. The first kappa shape index (κ1) is 15.0. The van der Waals surface area contributed by atoms with Gasteiger partial charge >= 0.3 is 0 Å². The van der Waals surface area contributed by atoms with Gasteiger partial charge in [-0.25, -0.2) is 12.8 Å². The SMILES string of the molecule is CC1Cc2cc(F)ccc2C1=Cc1ccc(S(C)(=O)=O)cc1. The van der Waals surface area contributed by atoms with Gasteiger partial charge in [-0.15, -0.1) is 0 Å². The Balaban J connectivity index is 1.99. The second-order valence-electron chi connectivity index (χ2n) is 5.85. The van der Waals surface area contributed by atoms with Crippen LogP contribution in [0.15, 0.2) is 47.4 Å². The Hall–Kier alpha value is -1.94. The van der Waals surface area contributed by atoms with Crippen molar-refractivity contribution in [3.8, 4) is 0 Å². The van der Waals surface area contributed by atoms with Crippen LogP contribution in [0.4, 0.5) is 4.39 Å². The molecule has 1 atom stereocenters. The van der Waals surface area contributed by atoms with Crippen LogP contribution in [0.1, 0.15) is 23.6 Å². The summed E-state index contributed by atoms with van der Waals surface area (Å²) in [5.74, 6) is 0.121. The molecule has 0 aromatic heterocycles. The summed E-state index contributed by atoms with van der Waals surface area (Å²) in [6, 6.07) is 11.7. The predicted molar refractivity (Wildman–Crippen MR) is 86.7 cm³/mol. The standard InChI is InChI=1S/C18H17FO2S/c1-12-9-14-11-15(19)5-8-17(14)18(12)10-13-3-6-16(7-4-13)22(2,20)21/h3-8,10-12H,9H2,1-2H3. The Bertz CT molecular complexity index is 849. The summed E-state index contributed by atoms with van der Waals surface area (Å²) >= 11 is 0. The van der Waals surface area contributed by atoms with Crippen molar-refractivity contribution in [3.05, 3.63) is 65.0 Å². The highest BCUT2D eigenvalue weighted by molar-refractivity contribution is 7.90. The summed E-state index contributed by atoms with van der Waals surface area (Å²) in [7, 11) is -3.17. The van der Waals surface area contributed by atoms with Crippen LogP contribution in [0.5, 0.6) is 0 Å². The van der Waals surface area contributed by atoms with Gasteiger partial charge in [0, 0.05) is 6.26 Å². The van der Waals surface area contributed by atoms with E-state index in [4.69, 9.17) is 0 Å². The molecule has 0 spiro atoms. The highest BCUT2D eigenvalue weighted by atomic mass is 32.2. The van der Waals surface area contributed by atoms with Crippen molar-refractivity contribution in [2.75, 3.05) is 6.26 Å². The molecule has 0 heterocycles. The summed E-state index contributed by atoms with van der Waals surface area (Å²) in [5.41, 5.74) is 4.24. The smallest absolute Gasteiger partial charge is 0.175 e. The first-order valence-electron chi connectivity index (χ1n) is 7.15. The van der Waals surface area contributed by atoms with E-state index in [0.29, 0.717) is 10.8 Å². The number of halogens is 1. The van der Waals surface area contributed by atoms with E-state index in [2.05, 4.69) is 13.0 Å². The van der Waals surface area contributed by atoms with Gasteiger partial charge in [0.2, 0.25) is 0 Å². The van der Waals surface area contributed by atoms with Crippen LogP contribution in [0.3, 0.4) is 0 Å². The van der Waals surface area contributed by atoms with Gasteiger partial charge < -0.3 is 0 Å². The minimum absolute atomic E-state index is 0.204. The molecule has 22 heavy (non-hydrogen) atoms. The lowest BCUT2D eigenvalue weighted by Crippen LogP contribution is -1.96. The second kappa shape index (κ2) is 5.36. The van der Waals surface area contributed by atoms with Gasteiger partial charge in [0.1, 0.15) is 5.82 Å². The van der Waals surface area contributed by atoms with E-state index in [-0.39, 0.29) is 5.82 Å². The number of fused-ring (bicyclic) bond motifs is 1. The first-order valence-corrected chi connectivity index (χ1v) is 9.04. The molecule has 0 amide bonds. The van der Waals surface area contributed by atoms with E-state index in [1.165, 1.54) is 17.9 Å². The Morgan fingerprint density at radius 2 is 1.82 bits per heavy atom. The lowest BCUT2D eigenvalue weighted by molar-refractivity contribution is 0.602. The Kier molecular flexibility index (Phi) is 3.65. The lowest BCUT2D eigenvalue weighted by Gasteiger charge is -2.07. The molecule has 0 aliphatic heterocycles. The average Bonchev–Trinajstić information content (AvgIpc) is 2.74. The number of hydrogen-bond acceptors (Lipinski definition) is 2.